The van der Waals surface area contributed by atoms with Crippen molar-refractivity contribution in [1.29, 1.82) is 5.41 Å². The number of nitrogens with two attached hydrogens (primary N) is 1. The first-order valence-electron chi connectivity index (χ1n) is 14.0. The summed E-state index contributed by atoms with van der Waals surface area (Å²) in [6.45, 7) is 2.86. The van der Waals surface area contributed by atoms with Crippen molar-refractivity contribution in [1.82, 2.24) is 21.3 Å². The highest BCUT2D eigenvalue weighted by Gasteiger charge is 2.30. The number of fused-ring (bicyclic) bond motifs is 1. The van der Waals surface area contributed by atoms with Crippen LogP contribution in [0.15, 0.2) is 63.8 Å². The number of carbonyl (C=O) groups is 3. The van der Waals surface area contributed by atoms with Crippen LogP contribution < -0.4 is 37.9 Å². The number of hydrogen-bond acceptors (Lipinski definition) is 7. The third-order valence-corrected chi connectivity index (χ3v) is 7.13. The largest absolute Gasteiger partial charge is 0.423 e. The van der Waals surface area contributed by atoms with Gasteiger partial charge in [0.2, 0.25) is 17.7 Å². The van der Waals surface area contributed by atoms with E-state index in [1.54, 1.807) is 25.1 Å². The molecule has 4 rings (SSSR count). The van der Waals surface area contributed by atoms with Crippen molar-refractivity contribution >= 4 is 40.3 Å². The molecule has 8 N–H and O–H groups in total. The fourth-order valence-electron chi connectivity index (χ4n) is 4.94. The van der Waals surface area contributed by atoms with E-state index in [1.165, 1.54) is 6.07 Å². The van der Waals surface area contributed by atoms with Crippen LogP contribution in [0.5, 0.6) is 0 Å². The Labute approximate surface area is 243 Å². The monoisotopic (exact) mass is 575 g/mol. The zero-order valence-electron chi connectivity index (χ0n) is 23.5. The molecule has 0 spiro atoms. The molecule has 2 heterocycles. The van der Waals surface area contributed by atoms with Gasteiger partial charge in [0.1, 0.15) is 17.7 Å². The highest BCUT2D eigenvalue weighted by atomic mass is 16.4. The second-order valence-electron chi connectivity index (χ2n) is 10.4. The quantitative estimate of drug-likeness (QED) is 0.0726. The molecule has 12 nitrogen and oxygen atoms in total. The average Bonchev–Trinajstić information content (AvgIpc) is 3.50. The lowest BCUT2D eigenvalue weighted by atomic mass is 10.0. The molecule has 0 saturated carbocycles. The Balaban J connectivity index is 1.52. The molecule has 3 aromatic rings. The van der Waals surface area contributed by atoms with E-state index in [0.717, 1.165) is 29.5 Å². The number of aryl methyl sites for hydroxylation is 1. The lowest BCUT2D eigenvalue weighted by molar-refractivity contribution is -0.131. The number of guanidine groups is 1. The first-order chi connectivity index (χ1) is 20.2. The molecule has 0 radical (unpaired) electrons. The molecule has 1 aliphatic heterocycles. The number of anilines is 1. The molecule has 12 heteroatoms. The van der Waals surface area contributed by atoms with E-state index in [-0.39, 0.29) is 30.8 Å². The van der Waals surface area contributed by atoms with Crippen LogP contribution in [0.4, 0.5) is 5.69 Å². The van der Waals surface area contributed by atoms with E-state index in [9.17, 15) is 19.2 Å². The molecule has 2 aromatic carbocycles. The smallest absolute Gasteiger partial charge is 0.336 e. The van der Waals surface area contributed by atoms with E-state index in [1.807, 2.05) is 30.3 Å². The maximum absolute atomic E-state index is 13.6. The third-order valence-electron chi connectivity index (χ3n) is 7.13. The van der Waals surface area contributed by atoms with Gasteiger partial charge in [-0.3, -0.25) is 19.8 Å². The van der Waals surface area contributed by atoms with Crippen molar-refractivity contribution in [3.05, 3.63) is 76.1 Å². The Kier molecular flexibility index (Phi) is 10.3. The fraction of sp³-hybridized carbons (Fsp3) is 0.367. The van der Waals surface area contributed by atoms with Crippen LogP contribution >= 0.6 is 0 Å². The minimum Gasteiger partial charge on any atom is -0.423 e. The van der Waals surface area contributed by atoms with Crippen molar-refractivity contribution in [2.45, 2.75) is 57.2 Å². The summed E-state index contributed by atoms with van der Waals surface area (Å²) in [5, 5.41) is 22.4. The highest BCUT2D eigenvalue weighted by molar-refractivity contribution is 5.99. The van der Waals surface area contributed by atoms with Crippen molar-refractivity contribution in [3.63, 3.8) is 0 Å². The van der Waals surface area contributed by atoms with Gasteiger partial charge < -0.3 is 36.7 Å². The lowest BCUT2D eigenvalue weighted by Gasteiger charge is -2.24. The highest BCUT2D eigenvalue weighted by Crippen LogP contribution is 2.21. The maximum atomic E-state index is 13.6. The van der Waals surface area contributed by atoms with Gasteiger partial charge in [0.05, 0.1) is 6.04 Å². The van der Waals surface area contributed by atoms with E-state index < -0.39 is 29.5 Å². The number of amides is 3. The molecule has 3 amide bonds. The average molecular weight is 576 g/mol. The van der Waals surface area contributed by atoms with Gasteiger partial charge in [0, 0.05) is 36.2 Å². The standard InChI is InChI=1S/C30H37N7O5/c1-18-15-26(38)42-25-17-20(11-12-21(18)25)35-28(40)23(10-6-14-34-30(31)32)36-29(41)24(16-19-7-3-2-4-8-19)37-27(39)22-9-5-13-33-22/h2-4,7-8,11-12,15,17,22-24,33H,5-6,9-10,13-14,16H2,1H3,(H,35,40)(H,36,41)(H,37,39)(H4,31,32,34)/t22-,23-,24-/m0/s1. The molecule has 222 valence electrons. The summed E-state index contributed by atoms with van der Waals surface area (Å²) in [7, 11) is 0. The van der Waals surface area contributed by atoms with Gasteiger partial charge in [0.15, 0.2) is 5.96 Å². The Hall–Kier alpha value is -4.71. The van der Waals surface area contributed by atoms with E-state index in [4.69, 9.17) is 15.6 Å². The van der Waals surface area contributed by atoms with Crippen LogP contribution in [0.3, 0.4) is 0 Å². The van der Waals surface area contributed by atoms with Crippen LogP contribution in [0.25, 0.3) is 11.0 Å². The van der Waals surface area contributed by atoms with Crippen LogP contribution in [0.2, 0.25) is 0 Å². The fourth-order valence-corrected chi connectivity index (χ4v) is 4.94. The summed E-state index contributed by atoms with van der Waals surface area (Å²) in [4.78, 5) is 51.9. The van der Waals surface area contributed by atoms with Crippen LogP contribution in [-0.2, 0) is 20.8 Å². The van der Waals surface area contributed by atoms with Crippen LogP contribution in [0, 0.1) is 12.3 Å². The predicted octanol–water partition coefficient (Wildman–Crippen LogP) is 1.27. The molecule has 0 bridgehead atoms. The van der Waals surface area contributed by atoms with Gasteiger partial charge >= 0.3 is 5.63 Å². The maximum Gasteiger partial charge on any atom is 0.336 e. The van der Waals surface area contributed by atoms with E-state index in [0.29, 0.717) is 30.7 Å². The number of carbonyl (C=O) groups excluding carboxylic acids is 3. The Bertz CT molecular complexity index is 1480. The van der Waals surface area contributed by atoms with Crippen molar-refractivity contribution < 1.29 is 18.8 Å². The molecule has 1 saturated heterocycles. The number of rotatable bonds is 12. The molecule has 0 unspecified atom stereocenters. The van der Waals surface area contributed by atoms with Crippen molar-refractivity contribution in [3.8, 4) is 0 Å². The first-order valence-corrected chi connectivity index (χ1v) is 14.0. The second-order valence-corrected chi connectivity index (χ2v) is 10.4. The zero-order chi connectivity index (χ0) is 30.1. The Morgan fingerprint density at radius 2 is 1.86 bits per heavy atom. The topological polar surface area (TPSA) is 191 Å². The van der Waals surface area contributed by atoms with Crippen LogP contribution in [0.1, 0.15) is 36.8 Å². The summed E-state index contributed by atoms with van der Waals surface area (Å²) < 4.78 is 5.30. The van der Waals surface area contributed by atoms with Crippen molar-refractivity contribution in [2.24, 2.45) is 5.73 Å². The SMILES string of the molecule is Cc1cc(=O)oc2cc(NC(=O)[C@H](CCCNC(=N)N)NC(=O)[C@H](Cc3ccccc3)NC(=O)[C@@H]3CCCN3)ccc12. The second kappa shape index (κ2) is 14.3. The minimum absolute atomic E-state index is 0.195. The van der Waals surface area contributed by atoms with Gasteiger partial charge in [-0.15, -0.1) is 0 Å². The summed E-state index contributed by atoms with van der Waals surface area (Å²) in [6, 6.07) is 13.5. The number of nitrogens with one attached hydrogen (secondary N) is 6. The number of hydrogen-bond donors (Lipinski definition) is 7. The summed E-state index contributed by atoms with van der Waals surface area (Å²) in [6.07, 6.45) is 2.46. The zero-order valence-corrected chi connectivity index (χ0v) is 23.5. The molecular formula is C30H37N7O5. The van der Waals surface area contributed by atoms with Crippen molar-refractivity contribution in [2.75, 3.05) is 18.4 Å². The first kappa shape index (κ1) is 30.3. The van der Waals surface area contributed by atoms with Gasteiger partial charge in [-0.25, -0.2) is 4.79 Å². The van der Waals surface area contributed by atoms with Gasteiger partial charge in [-0.05, 0) is 62.4 Å². The summed E-state index contributed by atoms with van der Waals surface area (Å²) in [5.41, 5.74) is 7.21. The molecule has 42 heavy (non-hydrogen) atoms. The Morgan fingerprint density at radius 1 is 1.07 bits per heavy atom. The van der Waals surface area contributed by atoms with Gasteiger partial charge in [-0.2, -0.15) is 0 Å². The Morgan fingerprint density at radius 3 is 2.57 bits per heavy atom. The predicted molar refractivity (Wildman–Crippen MR) is 160 cm³/mol. The molecule has 1 aromatic heterocycles. The molecule has 1 aliphatic rings. The normalized spacial score (nSPS) is 15.9. The third kappa shape index (κ3) is 8.40. The molecular weight excluding hydrogens is 538 g/mol. The van der Waals surface area contributed by atoms with E-state index in [2.05, 4.69) is 26.6 Å². The number of benzene rings is 2. The minimum atomic E-state index is -0.966. The molecule has 0 aliphatic carbocycles. The summed E-state index contributed by atoms with van der Waals surface area (Å²) in [5.74, 6) is -1.44. The molecule has 1 fully saturated rings. The van der Waals surface area contributed by atoms with Gasteiger partial charge in [-0.1, -0.05) is 30.3 Å². The van der Waals surface area contributed by atoms with Crippen LogP contribution in [-0.4, -0.2) is 54.9 Å². The molecule has 3 atom stereocenters. The van der Waals surface area contributed by atoms with E-state index >= 15 is 0 Å². The summed E-state index contributed by atoms with van der Waals surface area (Å²) >= 11 is 0. The lowest BCUT2D eigenvalue weighted by Crippen LogP contribution is -2.55. The van der Waals surface area contributed by atoms with Gasteiger partial charge in [0.25, 0.3) is 0 Å².